The number of nitrogens with one attached hydrogen (secondary N) is 2. The molecular weight excluding hydrogens is 464 g/mol. The lowest BCUT2D eigenvalue weighted by atomic mass is 10.1. The number of thioether (sulfide) groups is 1. The highest BCUT2D eigenvalue weighted by molar-refractivity contribution is 8.00. The minimum absolute atomic E-state index is 0.455. The number of hydrogen-bond donors (Lipinski definition) is 2. The van der Waals surface area contributed by atoms with Crippen molar-refractivity contribution in [1.82, 2.24) is 30.4 Å². The molecule has 0 fully saturated rings. The number of benzene rings is 2. The molecule has 0 spiro atoms. The van der Waals surface area contributed by atoms with E-state index in [1.165, 1.54) is 18.8 Å². The Bertz CT molecular complexity index is 1300. The van der Waals surface area contributed by atoms with E-state index in [2.05, 4.69) is 25.8 Å². The topological polar surface area (TPSA) is 111 Å². The van der Waals surface area contributed by atoms with E-state index < -0.39 is 17.2 Å². The summed E-state index contributed by atoms with van der Waals surface area (Å²) in [6, 6.07) is 19.9. The monoisotopic (exact) mass is 488 g/mol. The zero-order chi connectivity index (χ0) is 24.6. The smallest absolute Gasteiger partial charge is 0.321 e. The summed E-state index contributed by atoms with van der Waals surface area (Å²) in [6.07, 6.45) is 3.38. The van der Waals surface area contributed by atoms with Gasteiger partial charge in [0.25, 0.3) is 0 Å². The van der Waals surface area contributed by atoms with Gasteiger partial charge in [-0.2, -0.15) is 0 Å². The van der Waals surface area contributed by atoms with E-state index in [0.717, 1.165) is 16.8 Å². The summed E-state index contributed by atoms with van der Waals surface area (Å²) >= 11 is 1.19. The van der Waals surface area contributed by atoms with Crippen LogP contribution in [-0.2, 0) is 4.79 Å². The molecule has 0 aliphatic carbocycles. The molecule has 2 aromatic heterocycles. The summed E-state index contributed by atoms with van der Waals surface area (Å²) in [5.74, 6) is 0.718. The molecule has 0 saturated carbocycles. The number of aromatic nitrogens is 4. The fraction of sp³-hybridized carbons (Fsp3) is 0.160. The Labute approximate surface area is 206 Å². The van der Waals surface area contributed by atoms with Gasteiger partial charge in [0, 0.05) is 25.0 Å². The van der Waals surface area contributed by atoms with E-state index in [0.29, 0.717) is 23.3 Å². The summed E-state index contributed by atoms with van der Waals surface area (Å²) in [5.41, 5.74) is 2.19. The molecule has 2 aromatic carbocycles. The lowest BCUT2D eigenvalue weighted by Crippen LogP contribution is -2.39. The van der Waals surface area contributed by atoms with Crippen molar-refractivity contribution in [1.29, 1.82) is 0 Å². The quantitative estimate of drug-likeness (QED) is 0.360. The molecule has 0 radical (unpaired) electrons. The molecule has 0 aliphatic heterocycles. The van der Waals surface area contributed by atoms with Crippen molar-refractivity contribution in [2.45, 2.75) is 17.3 Å². The van der Waals surface area contributed by atoms with Gasteiger partial charge >= 0.3 is 6.03 Å². The Morgan fingerprint density at radius 1 is 1.03 bits per heavy atom. The molecule has 35 heavy (non-hydrogen) atoms. The maximum Gasteiger partial charge on any atom is 0.321 e. The predicted octanol–water partition coefficient (Wildman–Crippen LogP) is 4.02. The lowest BCUT2D eigenvalue weighted by molar-refractivity contribution is -0.119. The van der Waals surface area contributed by atoms with E-state index >= 15 is 0 Å². The van der Waals surface area contributed by atoms with E-state index in [4.69, 9.17) is 4.74 Å². The third-order valence-corrected chi connectivity index (χ3v) is 6.18. The first kappa shape index (κ1) is 24.0. The van der Waals surface area contributed by atoms with Crippen molar-refractivity contribution in [3.8, 4) is 22.8 Å². The summed E-state index contributed by atoms with van der Waals surface area (Å²) in [6.45, 7) is 2.39. The second-order valence-electron chi connectivity index (χ2n) is 7.26. The van der Waals surface area contributed by atoms with Gasteiger partial charge in [-0.25, -0.2) is 4.79 Å². The highest BCUT2D eigenvalue weighted by atomic mass is 32.2. The van der Waals surface area contributed by atoms with E-state index in [-0.39, 0.29) is 0 Å². The second-order valence-corrected chi connectivity index (χ2v) is 8.33. The van der Waals surface area contributed by atoms with Crippen LogP contribution in [0.5, 0.6) is 5.75 Å². The summed E-state index contributed by atoms with van der Waals surface area (Å²) in [4.78, 5) is 29.2. The molecule has 178 valence electrons. The average molecular weight is 489 g/mol. The van der Waals surface area contributed by atoms with E-state index in [1.54, 1.807) is 12.4 Å². The van der Waals surface area contributed by atoms with Gasteiger partial charge in [-0.3, -0.25) is 19.7 Å². The van der Waals surface area contributed by atoms with Gasteiger partial charge in [0.1, 0.15) is 11.0 Å². The molecule has 3 amide bonds. The number of pyridine rings is 1. The summed E-state index contributed by atoms with van der Waals surface area (Å²) in [7, 11) is 1.45. The number of para-hydroxylation sites is 2. The van der Waals surface area contributed by atoms with Gasteiger partial charge < -0.3 is 10.1 Å². The minimum Gasteiger partial charge on any atom is -0.492 e. The van der Waals surface area contributed by atoms with Gasteiger partial charge in [0.05, 0.1) is 12.3 Å². The number of carbonyl (C=O) groups excluding carboxylic acids is 2. The van der Waals surface area contributed by atoms with Crippen molar-refractivity contribution in [3.63, 3.8) is 0 Å². The number of ether oxygens (including phenoxy) is 1. The normalized spacial score (nSPS) is 11.5. The maximum absolute atomic E-state index is 13.1. The highest BCUT2D eigenvalue weighted by Gasteiger charge is 2.28. The first-order chi connectivity index (χ1) is 17.1. The van der Waals surface area contributed by atoms with Crippen LogP contribution in [-0.4, -0.2) is 45.3 Å². The number of rotatable bonds is 8. The first-order valence-corrected chi connectivity index (χ1v) is 11.8. The van der Waals surface area contributed by atoms with E-state index in [9.17, 15) is 9.59 Å². The van der Waals surface area contributed by atoms with Crippen molar-refractivity contribution in [2.24, 2.45) is 0 Å². The largest absolute Gasteiger partial charge is 0.492 e. The van der Waals surface area contributed by atoms with E-state index in [1.807, 2.05) is 78.2 Å². The lowest BCUT2D eigenvalue weighted by Gasteiger charge is -2.18. The third-order valence-electron chi connectivity index (χ3n) is 4.99. The standard InChI is InChI=1S/C25H24N6O3S/c1-3-34-20-14-8-7-13-19(20)31-22(18-12-9-15-27-16-18)29-30-25(31)35-21(17-10-5-4-6-11-17)23(32)28-24(33)26-2/h4-16,21H,3H2,1-2H3,(H2,26,28,32,33). The van der Waals surface area contributed by atoms with Crippen LogP contribution in [0.4, 0.5) is 4.79 Å². The fourth-order valence-electron chi connectivity index (χ4n) is 3.41. The molecule has 4 rings (SSSR count). The molecule has 0 aliphatic rings. The number of hydrogen-bond acceptors (Lipinski definition) is 7. The van der Waals surface area contributed by atoms with Crippen molar-refractivity contribution in [2.75, 3.05) is 13.7 Å². The van der Waals surface area contributed by atoms with Crippen LogP contribution in [0.25, 0.3) is 17.1 Å². The number of imide groups is 1. The number of carbonyl (C=O) groups is 2. The van der Waals surface area contributed by atoms with Crippen molar-refractivity contribution in [3.05, 3.63) is 84.7 Å². The molecule has 9 nitrogen and oxygen atoms in total. The van der Waals surface area contributed by atoms with Crippen LogP contribution >= 0.6 is 11.8 Å². The van der Waals surface area contributed by atoms with Gasteiger partial charge in [-0.1, -0.05) is 54.2 Å². The Hall–Kier alpha value is -4.18. The zero-order valence-corrected chi connectivity index (χ0v) is 20.0. The Kier molecular flexibility index (Phi) is 7.74. The predicted molar refractivity (Wildman–Crippen MR) is 133 cm³/mol. The molecule has 2 N–H and O–H groups in total. The number of amides is 3. The third kappa shape index (κ3) is 5.49. The van der Waals surface area contributed by atoms with Crippen LogP contribution in [0.2, 0.25) is 0 Å². The Morgan fingerprint density at radius 2 is 1.80 bits per heavy atom. The van der Waals surface area contributed by atoms with Crippen LogP contribution in [0.3, 0.4) is 0 Å². The minimum atomic E-state index is -0.766. The van der Waals surface area contributed by atoms with Crippen LogP contribution < -0.4 is 15.4 Å². The SMILES string of the molecule is CCOc1ccccc1-n1c(SC(C(=O)NC(=O)NC)c2ccccc2)nnc1-c1cccnc1. The van der Waals surface area contributed by atoms with Gasteiger partial charge in [-0.15, -0.1) is 10.2 Å². The van der Waals surface area contributed by atoms with Crippen molar-refractivity contribution >= 4 is 23.7 Å². The van der Waals surface area contributed by atoms with Crippen molar-refractivity contribution < 1.29 is 14.3 Å². The zero-order valence-electron chi connectivity index (χ0n) is 19.2. The van der Waals surface area contributed by atoms with Crippen LogP contribution in [0.15, 0.2) is 84.3 Å². The molecule has 2 heterocycles. The molecule has 0 saturated heterocycles. The molecule has 1 atom stereocenters. The molecule has 10 heteroatoms. The highest BCUT2D eigenvalue weighted by Crippen LogP contribution is 2.39. The van der Waals surface area contributed by atoms with Gasteiger partial charge in [-0.05, 0) is 36.8 Å². The van der Waals surface area contributed by atoms with Crippen LogP contribution in [0, 0.1) is 0 Å². The van der Waals surface area contributed by atoms with Gasteiger partial charge in [0.2, 0.25) is 5.91 Å². The maximum atomic E-state index is 13.1. The molecule has 4 aromatic rings. The Balaban J connectivity index is 1.84. The first-order valence-electron chi connectivity index (χ1n) is 10.9. The van der Waals surface area contributed by atoms with Gasteiger partial charge in [0.15, 0.2) is 11.0 Å². The molecular formula is C25H24N6O3S. The molecule has 1 unspecified atom stereocenters. The summed E-state index contributed by atoms with van der Waals surface area (Å²) < 4.78 is 7.72. The average Bonchev–Trinajstić information content (AvgIpc) is 3.32. The Morgan fingerprint density at radius 3 is 2.51 bits per heavy atom. The summed E-state index contributed by atoms with van der Waals surface area (Å²) in [5, 5.41) is 13.3. The fourth-order valence-corrected chi connectivity index (χ4v) is 4.46. The number of urea groups is 1. The van der Waals surface area contributed by atoms with Crippen LogP contribution in [0.1, 0.15) is 17.7 Å². The second kappa shape index (κ2) is 11.3. The number of nitrogens with zero attached hydrogens (tertiary/aromatic N) is 4. The molecule has 0 bridgehead atoms.